The van der Waals surface area contributed by atoms with Crippen LogP contribution >= 0.6 is 0 Å². The normalized spacial score (nSPS) is 22.7. The highest BCUT2D eigenvalue weighted by molar-refractivity contribution is 6.18. The van der Waals surface area contributed by atoms with Gasteiger partial charge in [-0.2, -0.15) is 0 Å². The van der Waals surface area contributed by atoms with Gasteiger partial charge < -0.3 is 10.2 Å². The lowest BCUT2D eigenvalue weighted by molar-refractivity contribution is -0.384. The SMILES string of the molecule is CCCc1ccc(C(=O)[C@H]2[C@H](C(=O)c3ccc([N+](=O)[O-])cc3)N3c4ccccc4C(C)=C[C@H]3[C@]23C(=O)Nc2ccccc23)cc1. The predicted molar refractivity (Wildman–Crippen MR) is 173 cm³/mol. The third-order valence-electron chi connectivity index (χ3n) is 9.57. The van der Waals surface area contributed by atoms with Crippen molar-refractivity contribution in [2.75, 3.05) is 10.2 Å². The Balaban J connectivity index is 1.50. The number of aryl methyl sites for hydroxylation is 1. The lowest BCUT2D eigenvalue weighted by Crippen LogP contribution is -2.51. The van der Waals surface area contributed by atoms with Crippen LogP contribution < -0.4 is 10.2 Å². The monoisotopic (exact) mass is 597 g/mol. The maximum atomic E-state index is 15.0. The number of non-ortho nitro benzene ring substituents is 1. The molecule has 3 aliphatic heterocycles. The zero-order valence-corrected chi connectivity index (χ0v) is 24.9. The van der Waals surface area contributed by atoms with E-state index in [9.17, 15) is 24.5 Å². The summed E-state index contributed by atoms with van der Waals surface area (Å²) in [6.45, 7) is 4.08. The summed E-state index contributed by atoms with van der Waals surface area (Å²) in [6, 6.07) is 26.3. The first-order valence-electron chi connectivity index (χ1n) is 15.2. The molecule has 1 spiro atoms. The van der Waals surface area contributed by atoms with E-state index in [0.717, 1.165) is 35.2 Å². The smallest absolute Gasteiger partial charge is 0.269 e. The molecule has 45 heavy (non-hydrogen) atoms. The Morgan fingerprint density at radius 2 is 1.53 bits per heavy atom. The second-order valence-corrected chi connectivity index (χ2v) is 12.0. The first-order valence-corrected chi connectivity index (χ1v) is 15.2. The average Bonchev–Trinajstić information content (AvgIpc) is 3.53. The van der Waals surface area contributed by atoms with Crippen molar-refractivity contribution in [3.63, 3.8) is 0 Å². The number of para-hydroxylation sites is 2. The van der Waals surface area contributed by atoms with Crippen LogP contribution in [-0.4, -0.2) is 34.5 Å². The number of amides is 1. The van der Waals surface area contributed by atoms with Gasteiger partial charge in [-0.25, -0.2) is 0 Å². The number of fused-ring (bicyclic) bond motifs is 6. The minimum absolute atomic E-state index is 0.141. The molecule has 1 saturated heterocycles. The zero-order chi connectivity index (χ0) is 31.5. The number of allylic oxidation sites excluding steroid dienone is 1. The van der Waals surface area contributed by atoms with E-state index < -0.39 is 28.3 Å². The molecule has 8 nitrogen and oxygen atoms in total. The Labute approximate surface area is 260 Å². The van der Waals surface area contributed by atoms with Crippen molar-refractivity contribution in [1.29, 1.82) is 0 Å². The highest BCUT2D eigenvalue weighted by atomic mass is 16.6. The van der Waals surface area contributed by atoms with Crippen molar-refractivity contribution < 1.29 is 19.3 Å². The van der Waals surface area contributed by atoms with E-state index in [2.05, 4.69) is 12.2 Å². The fourth-order valence-electron chi connectivity index (χ4n) is 7.61. The van der Waals surface area contributed by atoms with E-state index in [4.69, 9.17) is 0 Å². The third kappa shape index (κ3) is 4.16. The highest BCUT2D eigenvalue weighted by Crippen LogP contribution is 2.58. The highest BCUT2D eigenvalue weighted by Gasteiger charge is 2.70. The number of nitrogens with one attached hydrogen (secondary N) is 1. The Hall–Kier alpha value is -5.37. The van der Waals surface area contributed by atoms with E-state index in [-0.39, 0.29) is 28.7 Å². The number of carbonyl (C=O) groups excluding carboxylic acids is 3. The molecular weight excluding hydrogens is 566 g/mol. The molecule has 224 valence electrons. The number of Topliss-reactive ketones (excluding diaryl/α,β-unsaturated/α-hetero) is 2. The lowest BCUT2D eigenvalue weighted by atomic mass is 9.64. The Morgan fingerprint density at radius 3 is 2.24 bits per heavy atom. The van der Waals surface area contributed by atoms with E-state index in [1.807, 2.05) is 78.6 Å². The molecule has 7 rings (SSSR count). The average molecular weight is 598 g/mol. The van der Waals surface area contributed by atoms with Crippen molar-refractivity contribution in [3.8, 4) is 0 Å². The summed E-state index contributed by atoms with van der Waals surface area (Å²) in [5.41, 5.74) is 4.09. The van der Waals surface area contributed by atoms with E-state index in [1.165, 1.54) is 24.3 Å². The predicted octanol–water partition coefficient (Wildman–Crippen LogP) is 6.79. The standard InChI is InChI=1S/C37H31N3O5/c1-3-8-23-13-15-24(16-14-23)34(41)32-33(35(42)25-17-19-26(20-18-25)40(44)45)39-30-12-7-4-9-27(30)22(2)21-31(39)37(32)28-10-5-6-11-29(28)38-36(37)43/h4-7,9-21,31-33H,3,8H2,1-2H3,(H,38,43)/t31-,32+,33+,37-/m0/s1. The molecule has 0 aromatic heterocycles. The molecule has 8 heteroatoms. The molecule has 4 aromatic carbocycles. The molecule has 3 aliphatic rings. The van der Waals surface area contributed by atoms with Gasteiger partial charge in [-0.3, -0.25) is 24.5 Å². The summed E-state index contributed by atoms with van der Waals surface area (Å²) >= 11 is 0. The van der Waals surface area contributed by atoms with Crippen LogP contribution in [0.25, 0.3) is 5.57 Å². The van der Waals surface area contributed by atoms with E-state index in [1.54, 1.807) is 12.1 Å². The van der Waals surface area contributed by atoms with Gasteiger partial charge in [0.1, 0.15) is 11.5 Å². The fraction of sp³-hybridized carbons (Fsp3) is 0.216. The summed E-state index contributed by atoms with van der Waals surface area (Å²) in [7, 11) is 0. The molecule has 1 N–H and O–H groups in total. The van der Waals surface area contributed by atoms with Crippen molar-refractivity contribution in [3.05, 3.63) is 141 Å². The largest absolute Gasteiger partial charge is 0.352 e. The van der Waals surface area contributed by atoms with Gasteiger partial charge in [-0.15, -0.1) is 0 Å². The van der Waals surface area contributed by atoms with Crippen molar-refractivity contribution in [1.82, 2.24) is 0 Å². The summed E-state index contributed by atoms with van der Waals surface area (Å²) in [6.07, 6.45) is 3.84. The number of benzene rings is 4. The van der Waals surface area contributed by atoms with Crippen LogP contribution in [-0.2, 0) is 16.6 Å². The fourth-order valence-corrected chi connectivity index (χ4v) is 7.61. The molecule has 0 unspecified atom stereocenters. The zero-order valence-electron chi connectivity index (χ0n) is 24.9. The molecule has 1 fully saturated rings. The maximum absolute atomic E-state index is 15.0. The number of anilines is 2. The summed E-state index contributed by atoms with van der Waals surface area (Å²) in [5, 5.41) is 14.4. The van der Waals surface area contributed by atoms with E-state index in [0.29, 0.717) is 16.8 Å². The molecule has 0 aliphatic carbocycles. The van der Waals surface area contributed by atoms with Crippen LogP contribution in [0.4, 0.5) is 17.1 Å². The van der Waals surface area contributed by atoms with Gasteiger partial charge in [0.2, 0.25) is 5.91 Å². The second kappa shape index (κ2) is 10.7. The number of carbonyl (C=O) groups is 3. The molecule has 0 bridgehead atoms. The van der Waals surface area contributed by atoms with Crippen LogP contribution in [0.5, 0.6) is 0 Å². The molecule has 4 aromatic rings. The number of hydrogen-bond donors (Lipinski definition) is 1. The molecule has 0 saturated carbocycles. The summed E-state index contributed by atoms with van der Waals surface area (Å²) in [5.74, 6) is -2.13. The van der Waals surface area contributed by atoms with Crippen LogP contribution in [0, 0.1) is 16.0 Å². The van der Waals surface area contributed by atoms with Crippen molar-refractivity contribution >= 4 is 40.1 Å². The lowest BCUT2D eigenvalue weighted by Gasteiger charge is -2.39. The number of nitro groups is 1. The Bertz CT molecular complexity index is 1910. The Morgan fingerprint density at radius 1 is 0.889 bits per heavy atom. The van der Waals surface area contributed by atoms with Crippen LogP contribution in [0.1, 0.15) is 57.7 Å². The van der Waals surface area contributed by atoms with Gasteiger partial charge in [0.25, 0.3) is 5.69 Å². The molecule has 0 radical (unpaired) electrons. The van der Waals surface area contributed by atoms with Gasteiger partial charge in [0.05, 0.1) is 16.9 Å². The van der Waals surface area contributed by atoms with Crippen molar-refractivity contribution in [2.45, 2.75) is 44.2 Å². The van der Waals surface area contributed by atoms with Crippen LogP contribution in [0.2, 0.25) is 0 Å². The van der Waals surface area contributed by atoms with Gasteiger partial charge in [0.15, 0.2) is 11.6 Å². The topological polar surface area (TPSA) is 110 Å². The van der Waals surface area contributed by atoms with Gasteiger partial charge in [-0.1, -0.05) is 80.1 Å². The molecule has 3 heterocycles. The summed E-state index contributed by atoms with van der Waals surface area (Å²) in [4.78, 5) is 57.2. The van der Waals surface area contributed by atoms with E-state index >= 15 is 0 Å². The van der Waals surface area contributed by atoms with Crippen LogP contribution in [0.15, 0.2) is 103 Å². The van der Waals surface area contributed by atoms with Gasteiger partial charge in [0, 0.05) is 40.2 Å². The Kier molecular flexibility index (Phi) is 6.73. The minimum Gasteiger partial charge on any atom is -0.352 e. The number of hydrogen-bond acceptors (Lipinski definition) is 6. The number of ketones is 2. The third-order valence-corrected chi connectivity index (χ3v) is 9.57. The number of rotatable bonds is 7. The molecule has 4 atom stereocenters. The van der Waals surface area contributed by atoms with Crippen LogP contribution in [0.3, 0.4) is 0 Å². The van der Waals surface area contributed by atoms with Gasteiger partial charge >= 0.3 is 0 Å². The van der Waals surface area contributed by atoms with Crippen molar-refractivity contribution in [2.24, 2.45) is 5.92 Å². The quantitative estimate of drug-likeness (QED) is 0.143. The molecule has 1 amide bonds. The summed E-state index contributed by atoms with van der Waals surface area (Å²) < 4.78 is 0. The number of nitro benzene ring substituents is 1. The number of nitrogens with zero attached hydrogens (tertiary/aromatic N) is 2. The maximum Gasteiger partial charge on any atom is 0.269 e. The van der Waals surface area contributed by atoms with Gasteiger partial charge in [-0.05, 0) is 54.3 Å². The second-order valence-electron chi connectivity index (χ2n) is 12.0. The first kappa shape index (κ1) is 28.4. The first-order chi connectivity index (χ1) is 21.8. The minimum atomic E-state index is -1.42. The molecular formula is C37H31N3O5.